The third kappa shape index (κ3) is 2.27. The first kappa shape index (κ1) is 10.8. The van der Waals surface area contributed by atoms with E-state index in [0.29, 0.717) is 5.92 Å². The predicted molar refractivity (Wildman–Crippen MR) is 62.8 cm³/mol. The van der Waals surface area contributed by atoms with Gasteiger partial charge in [0.1, 0.15) is 5.69 Å². The van der Waals surface area contributed by atoms with Gasteiger partial charge in [0, 0.05) is 12.7 Å². The Morgan fingerprint density at radius 1 is 1.38 bits per heavy atom. The van der Waals surface area contributed by atoms with Gasteiger partial charge in [-0.2, -0.15) is 0 Å². The summed E-state index contributed by atoms with van der Waals surface area (Å²) < 4.78 is 1.87. The molecule has 0 aromatic carbocycles. The largest absolute Gasteiger partial charge is 0.254 e. The zero-order valence-electron chi connectivity index (χ0n) is 9.88. The van der Waals surface area contributed by atoms with Crippen molar-refractivity contribution < 1.29 is 0 Å². The highest BCUT2D eigenvalue weighted by Crippen LogP contribution is 2.17. The lowest BCUT2D eigenvalue weighted by Crippen LogP contribution is -2.04. The van der Waals surface area contributed by atoms with Gasteiger partial charge in [0.15, 0.2) is 0 Å². The average molecular weight is 216 g/mol. The Labute approximate surface area is 95.3 Å². The lowest BCUT2D eigenvalue weighted by molar-refractivity contribution is 0.472. The highest BCUT2D eigenvalue weighted by Gasteiger charge is 2.08. The van der Waals surface area contributed by atoms with Gasteiger partial charge in [0.25, 0.3) is 0 Å². The van der Waals surface area contributed by atoms with Crippen molar-refractivity contribution in [2.75, 3.05) is 0 Å². The van der Waals surface area contributed by atoms with E-state index in [1.165, 1.54) is 0 Å². The zero-order chi connectivity index (χ0) is 11.5. The first-order valence-electron chi connectivity index (χ1n) is 5.49. The molecule has 2 rings (SSSR count). The van der Waals surface area contributed by atoms with E-state index in [4.69, 9.17) is 0 Å². The third-order valence-electron chi connectivity index (χ3n) is 2.34. The Morgan fingerprint density at radius 3 is 2.88 bits per heavy atom. The van der Waals surface area contributed by atoms with Crippen molar-refractivity contribution in [1.82, 2.24) is 20.0 Å². The summed E-state index contributed by atoms with van der Waals surface area (Å²) in [5, 5.41) is 8.25. The van der Waals surface area contributed by atoms with Crippen LogP contribution in [0.3, 0.4) is 0 Å². The van der Waals surface area contributed by atoms with Gasteiger partial charge in [0.2, 0.25) is 0 Å². The molecule has 0 aliphatic rings. The van der Waals surface area contributed by atoms with E-state index in [2.05, 4.69) is 29.1 Å². The van der Waals surface area contributed by atoms with Gasteiger partial charge in [-0.05, 0) is 24.5 Å². The maximum absolute atomic E-state index is 4.33. The second-order valence-corrected chi connectivity index (χ2v) is 4.39. The second-order valence-electron chi connectivity index (χ2n) is 4.39. The van der Waals surface area contributed by atoms with E-state index >= 15 is 0 Å². The molecule has 84 valence electrons. The van der Waals surface area contributed by atoms with E-state index in [9.17, 15) is 0 Å². The molecule has 16 heavy (non-hydrogen) atoms. The Morgan fingerprint density at radius 2 is 2.19 bits per heavy atom. The summed E-state index contributed by atoms with van der Waals surface area (Å²) in [6.07, 6.45) is 3.74. The number of rotatable bonds is 3. The molecule has 2 aromatic heterocycles. The Balaban J connectivity index is 2.28. The topological polar surface area (TPSA) is 43.6 Å². The summed E-state index contributed by atoms with van der Waals surface area (Å²) in [5.74, 6) is 0.569. The Kier molecular flexibility index (Phi) is 2.99. The Hall–Kier alpha value is -1.71. The van der Waals surface area contributed by atoms with Gasteiger partial charge in [-0.1, -0.05) is 25.1 Å². The lowest BCUT2D eigenvalue weighted by atomic mass is 10.2. The van der Waals surface area contributed by atoms with Crippen molar-refractivity contribution in [3.8, 4) is 11.4 Å². The molecular formula is C12H16N4. The van der Waals surface area contributed by atoms with Crippen molar-refractivity contribution in [2.45, 2.75) is 27.3 Å². The summed E-state index contributed by atoms with van der Waals surface area (Å²) in [5.41, 5.74) is 2.88. The summed E-state index contributed by atoms with van der Waals surface area (Å²) in [7, 11) is 0. The summed E-state index contributed by atoms with van der Waals surface area (Å²) in [6.45, 7) is 7.24. The van der Waals surface area contributed by atoms with Crippen LogP contribution < -0.4 is 0 Å². The average Bonchev–Trinajstić information content (AvgIpc) is 2.66. The first-order chi connectivity index (χ1) is 7.66. The zero-order valence-corrected chi connectivity index (χ0v) is 9.88. The molecule has 4 nitrogen and oxygen atoms in total. The molecule has 0 amide bonds. The van der Waals surface area contributed by atoms with Crippen molar-refractivity contribution >= 4 is 0 Å². The van der Waals surface area contributed by atoms with Crippen molar-refractivity contribution in [2.24, 2.45) is 5.92 Å². The highest BCUT2D eigenvalue weighted by molar-refractivity contribution is 5.56. The van der Waals surface area contributed by atoms with Gasteiger partial charge in [0.05, 0.1) is 11.9 Å². The van der Waals surface area contributed by atoms with Crippen molar-refractivity contribution in [3.05, 3.63) is 30.1 Å². The third-order valence-corrected chi connectivity index (χ3v) is 2.34. The number of hydrogen-bond donors (Lipinski definition) is 0. The maximum Gasteiger partial charge on any atom is 0.131 e. The van der Waals surface area contributed by atoms with Crippen LogP contribution in [0.1, 0.15) is 19.4 Å². The van der Waals surface area contributed by atoms with Crippen LogP contribution in [0.4, 0.5) is 0 Å². The van der Waals surface area contributed by atoms with Gasteiger partial charge >= 0.3 is 0 Å². The minimum absolute atomic E-state index is 0.569. The van der Waals surface area contributed by atoms with Crippen LogP contribution in [0.5, 0.6) is 0 Å². The molecule has 0 unspecified atom stereocenters. The molecule has 0 radical (unpaired) electrons. The van der Waals surface area contributed by atoms with E-state index in [-0.39, 0.29) is 0 Å². The number of nitrogens with zero attached hydrogens (tertiary/aromatic N) is 4. The van der Waals surface area contributed by atoms with Crippen molar-refractivity contribution in [1.29, 1.82) is 0 Å². The molecule has 4 heteroatoms. The van der Waals surface area contributed by atoms with E-state index in [0.717, 1.165) is 23.5 Å². The summed E-state index contributed by atoms with van der Waals surface area (Å²) >= 11 is 0. The quantitative estimate of drug-likeness (QED) is 0.790. The number of aromatic nitrogens is 4. The number of hydrogen-bond acceptors (Lipinski definition) is 3. The molecule has 0 fully saturated rings. The lowest BCUT2D eigenvalue weighted by Gasteiger charge is -2.02. The molecule has 0 aliphatic carbocycles. The van der Waals surface area contributed by atoms with Gasteiger partial charge in [-0.25, -0.2) is 0 Å². The molecule has 0 saturated heterocycles. The van der Waals surface area contributed by atoms with E-state index < -0.39 is 0 Å². The molecule has 0 aliphatic heterocycles. The highest BCUT2D eigenvalue weighted by atomic mass is 15.4. The standard InChI is InChI=1S/C12H16N4/c1-9(2)7-16-8-11(14-15-16)12-10(3)5-4-6-13-12/h4-6,8-9H,7H2,1-3H3. The summed E-state index contributed by atoms with van der Waals surface area (Å²) in [6, 6.07) is 3.96. The van der Waals surface area contributed by atoms with Crippen LogP contribution in [0.15, 0.2) is 24.5 Å². The molecule has 0 bridgehead atoms. The predicted octanol–water partition coefficient (Wildman–Crippen LogP) is 2.30. The minimum Gasteiger partial charge on any atom is -0.254 e. The second kappa shape index (κ2) is 4.43. The summed E-state index contributed by atoms with van der Waals surface area (Å²) in [4.78, 5) is 4.33. The SMILES string of the molecule is Cc1cccnc1-c1cn(CC(C)C)nn1. The molecule has 0 spiro atoms. The first-order valence-corrected chi connectivity index (χ1v) is 5.49. The van der Waals surface area contributed by atoms with Crippen LogP contribution in [-0.4, -0.2) is 20.0 Å². The molecule has 2 heterocycles. The Bertz CT molecular complexity index is 473. The van der Waals surface area contributed by atoms with Crippen molar-refractivity contribution in [3.63, 3.8) is 0 Å². The fraction of sp³-hybridized carbons (Fsp3) is 0.417. The maximum atomic E-state index is 4.33. The minimum atomic E-state index is 0.569. The number of aryl methyl sites for hydroxylation is 1. The van der Waals surface area contributed by atoms with Gasteiger partial charge in [-0.3, -0.25) is 9.67 Å². The smallest absolute Gasteiger partial charge is 0.131 e. The van der Waals surface area contributed by atoms with Crippen LogP contribution >= 0.6 is 0 Å². The van der Waals surface area contributed by atoms with Gasteiger partial charge < -0.3 is 0 Å². The molecule has 0 atom stereocenters. The normalized spacial score (nSPS) is 11.0. The molecule has 2 aromatic rings. The van der Waals surface area contributed by atoms with Gasteiger partial charge in [-0.15, -0.1) is 5.10 Å². The van der Waals surface area contributed by atoms with E-state index in [1.807, 2.05) is 29.9 Å². The molecular weight excluding hydrogens is 200 g/mol. The van der Waals surface area contributed by atoms with Crippen LogP contribution in [0.2, 0.25) is 0 Å². The fourth-order valence-electron chi connectivity index (χ4n) is 1.62. The molecule has 0 saturated carbocycles. The molecule has 0 N–H and O–H groups in total. The fourth-order valence-corrected chi connectivity index (χ4v) is 1.62. The van der Waals surface area contributed by atoms with Crippen LogP contribution in [0, 0.1) is 12.8 Å². The van der Waals surface area contributed by atoms with Crippen LogP contribution in [0.25, 0.3) is 11.4 Å². The number of pyridine rings is 1. The monoisotopic (exact) mass is 216 g/mol. The van der Waals surface area contributed by atoms with Crippen LogP contribution in [-0.2, 0) is 6.54 Å². The van der Waals surface area contributed by atoms with E-state index in [1.54, 1.807) is 6.20 Å².